The van der Waals surface area contributed by atoms with E-state index in [0.717, 1.165) is 27.4 Å². The molecule has 1 amide bonds. The Labute approximate surface area is 148 Å². The third-order valence-electron chi connectivity index (χ3n) is 4.36. The Kier molecular flexibility index (Phi) is 5.05. The van der Waals surface area contributed by atoms with Gasteiger partial charge in [0.25, 0.3) is 5.69 Å². The molecular weight excluding hydrogens is 346 g/mol. The highest BCUT2D eigenvalue weighted by Crippen LogP contribution is 2.32. The summed E-state index contributed by atoms with van der Waals surface area (Å²) in [5.41, 5.74) is 0.801. The fourth-order valence-corrected chi connectivity index (χ4v) is 5.15. The number of carbonyl (C=O) groups is 1. The van der Waals surface area contributed by atoms with Crippen molar-refractivity contribution in [3.63, 3.8) is 0 Å². The van der Waals surface area contributed by atoms with E-state index in [4.69, 9.17) is 0 Å². The second-order valence-electron chi connectivity index (χ2n) is 6.11. The molecule has 0 spiro atoms. The topological polar surface area (TPSA) is 76.3 Å². The third kappa shape index (κ3) is 3.54. The molecule has 1 aliphatic rings. The highest BCUT2D eigenvalue weighted by Gasteiger charge is 2.28. The van der Waals surface area contributed by atoms with Crippen LogP contribution in [-0.4, -0.2) is 38.6 Å². The van der Waals surface area contributed by atoms with E-state index < -0.39 is 4.92 Å². The molecule has 0 radical (unpaired) electrons. The van der Waals surface area contributed by atoms with Crippen LogP contribution >= 0.6 is 23.1 Å². The van der Waals surface area contributed by atoms with E-state index in [9.17, 15) is 14.9 Å². The van der Waals surface area contributed by atoms with Gasteiger partial charge >= 0.3 is 0 Å². The number of nitro groups is 1. The number of nitrogens with zero attached hydrogens (tertiary/aromatic N) is 3. The smallest absolute Gasteiger partial charge is 0.270 e. The van der Waals surface area contributed by atoms with Crippen molar-refractivity contribution in [3.05, 3.63) is 28.3 Å². The molecule has 8 heteroatoms. The third-order valence-corrected chi connectivity index (χ3v) is 6.51. The fraction of sp³-hybridized carbons (Fsp3) is 0.500. The lowest BCUT2D eigenvalue weighted by Crippen LogP contribution is -2.48. The summed E-state index contributed by atoms with van der Waals surface area (Å²) in [7, 11) is 0. The monoisotopic (exact) mass is 365 g/mol. The summed E-state index contributed by atoms with van der Waals surface area (Å²) in [6.45, 7) is 4.21. The number of hydrogen-bond acceptors (Lipinski definition) is 6. The van der Waals surface area contributed by atoms with Crippen molar-refractivity contribution in [2.45, 2.75) is 49.5 Å². The summed E-state index contributed by atoms with van der Waals surface area (Å²) in [6.07, 6.45) is 3.30. The molecule has 1 aliphatic heterocycles. The van der Waals surface area contributed by atoms with Gasteiger partial charge in [-0.1, -0.05) is 11.8 Å². The van der Waals surface area contributed by atoms with Gasteiger partial charge in [0, 0.05) is 24.2 Å². The van der Waals surface area contributed by atoms with Crippen LogP contribution < -0.4 is 0 Å². The first-order chi connectivity index (χ1) is 11.5. The lowest BCUT2D eigenvalue weighted by atomic mass is 9.98. The Bertz CT molecular complexity index is 767. The lowest BCUT2D eigenvalue weighted by molar-refractivity contribution is -0.384. The highest BCUT2D eigenvalue weighted by molar-refractivity contribution is 8.01. The van der Waals surface area contributed by atoms with Gasteiger partial charge in [-0.2, -0.15) is 0 Å². The van der Waals surface area contributed by atoms with E-state index in [2.05, 4.69) is 18.8 Å². The van der Waals surface area contributed by atoms with Gasteiger partial charge in [0.05, 0.1) is 20.9 Å². The molecule has 0 N–H and O–H groups in total. The minimum absolute atomic E-state index is 0.0646. The first kappa shape index (κ1) is 17.2. The first-order valence-corrected chi connectivity index (χ1v) is 9.75. The number of fused-ring (bicyclic) bond motifs is 1. The number of amides is 1. The van der Waals surface area contributed by atoms with Gasteiger partial charge in [0.1, 0.15) is 0 Å². The molecule has 128 valence electrons. The summed E-state index contributed by atoms with van der Waals surface area (Å²) in [5.74, 6) is 0.501. The number of benzene rings is 1. The number of likely N-dealkylation sites (tertiary alicyclic amines) is 1. The second kappa shape index (κ2) is 7.06. The maximum absolute atomic E-state index is 12.5. The largest absolute Gasteiger partial charge is 0.337 e. The highest BCUT2D eigenvalue weighted by atomic mass is 32.2. The number of carbonyl (C=O) groups excluding carboxylic acids is 1. The van der Waals surface area contributed by atoms with E-state index in [-0.39, 0.29) is 11.6 Å². The predicted molar refractivity (Wildman–Crippen MR) is 96.6 cm³/mol. The van der Waals surface area contributed by atoms with Crippen molar-refractivity contribution in [1.29, 1.82) is 0 Å². The molecule has 0 bridgehead atoms. The van der Waals surface area contributed by atoms with Crippen molar-refractivity contribution in [2.75, 3.05) is 5.75 Å². The van der Waals surface area contributed by atoms with E-state index >= 15 is 0 Å². The number of non-ortho nitro benzene ring substituents is 1. The van der Waals surface area contributed by atoms with Gasteiger partial charge < -0.3 is 4.90 Å². The predicted octanol–water partition coefficient (Wildman–Crippen LogP) is 4.09. The van der Waals surface area contributed by atoms with Crippen molar-refractivity contribution in [3.8, 4) is 0 Å². The molecule has 0 saturated carbocycles. The molecule has 6 nitrogen and oxygen atoms in total. The maximum Gasteiger partial charge on any atom is 0.270 e. The Balaban J connectivity index is 1.69. The maximum atomic E-state index is 12.5. The molecule has 0 aliphatic carbocycles. The van der Waals surface area contributed by atoms with Crippen LogP contribution in [0.25, 0.3) is 10.2 Å². The van der Waals surface area contributed by atoms with Gasteiger partial charge in [-0.3, -0.25) is 14.9 Å². The first-order valence-electron chi connectivity index (χ1n) is 7.94. The summed E-state index contributed by atoms with van der Waals surface area (Å²) >= 11 is 2.81. The molecule has 1 aromatic heterocycles. The minimum atomic E-state index is -0.408. The number of aromatic nitrogens is 1. The van der Waals surface area contributed by atoms with Crippen LogP contribution in [0.1, 0.15) is 33.1 Å². The van der Waals surface area contributed by atoms with Crippen molar-refractivity contribution >= 4 is 44.9 Å². The zero-order chi connectivity index (χ0) is 17.3. The van der Waals surface area contributed by atoms with Crippen LogP contribution in [-0.2, 0) is 4.79 Å². The van der Waals surface area contributed by atoms with Crippen molar-refractivity contribution in [1.82, 2.24) is 9.88 Å². The summed E-state index contributed by atoms with van der Waals surface area (Å²) in [4.78, 5) is 29.4. The van der Waals surface area contributed by atoms with Crippen molar-refractivity contribution in [2.24, 2.45) is 0 Å². The molecule has 2 aromatic rings. The van der Waals surface area contributed by atoms with Crippen LogP contribution in [0.4, 0.5) is 5.69 Å². The molecule has 1 fully saturated rings. The van der Waals surface area contributed by atoms with Crippen LogP contribution in [0.5, 0.6) is 0 Å². The lowest BCUT2D eigenvalue weighted by Gasteiger charge is -2.39. The van der Waals surface area contributed by atoms with E-state index in [1.165, 1.54) is 41.7 Å². The number of thioether (sulfide) groups is 1. The van der Waals surface area contributed by atoms with E-state index in [1.54, 1.807) is 6.07 Å². The molecule has 1 aromatic carbocycles. The SMILES string of the molecule is C[C@H]1CCC[C@H](C)N1C(=O)CSc1nc2ccc([N+](=O)[O-])cc2s1. The second-order valence-corrected chi connectivity index (χ2v) is 8.36. The minimum Gasteiger partial charge on any atom is -0.337 e. The van der Waals surface area contributed by atoms with Gasteiger partial charge in [-0.25, -0.2) is 4.98 Å². The van der Waals surface area contributed by atoms with E-state index in [1.807, 2.05) is 4.90 Å². The Morgan fingerprint density at radius 2 is 2.12 bits per heavy atom. The van der Waals surface area contributed by atoms with Crippen molar-refractivity contribution < 1.29 is 9.72 Å². The zero-order valence-electron chi connectivity index (χ0n) is 13.6. The molecule has 1 saturated heterocycles. The molecule has 0 unspecified atom stereocenters. The summed E-state index contributed by atoms with van der Waals surface area (Å²) in [6, 6.07) is 5.23. The summed E-state index contributed by atoms with van der Waals surface area (Å²) < 4.78 is 1.55. The zero-order valence-corrected chi connectivity index (χ0v) is 15.2. The van der Waals surface area contributed by atoms with E-state index in [0.29, 0.717) is 17.8 Å². The normalized spacial score (nSPS) is 21.2. The number of thiazole rings is 1. The van der Waals surface area contributed by atoms with Gasteiger partial charge in [0.15, 0.2) is 4.34 Å². The van der Waals surface area contributed by atoms with Crippen LogP contribution in [0.15, 0.2) is 22.5 Å². The fourth-order valence-electron chi connectivity index (χ4n) is 3.18. The van der Waals surface area contributed by atoms with Crippen LogP contribution in [0.2, 0.25) is 0 Å². The molecule has 24 heavy (non-hydrogen) atoms. The summed E-state index contributed by atoms with van der Waals surface area (Å²) in [5, 5.41) is 10.8. The van der Waals surface area contributed by atoms with Gasteiger partial charge in [0.2, 0.25) is 5.91 Å². The molecule has 2 heterocycles. The average molecular weight is 365 g/mol. The van der Waals surface area contributed by atoms with Crippen LogP contribution in [0.3, 0.4) is 0 Å². The number of nitro benzene ring substituents is 1. The molecular formula is C16H19N3O3S2. The molecule has 2 atom stereocenters. The Hall–Kier alpha value is -1.67. The van der Waals surface area contributed by atoms with Gasteiger partial charge in [-0.05, 0) is 39.2 Å². The number of piperidine rings is 1. The molecule has 3 rings (SSSR count). The van der Waals surface area contributed by atoms with Crippen LogP contribution in [0, 0.1) is 10.1 Å². The number of rotatable bonds is 4. The standard InChI is InChI=1S/C16H19N3O3S2/c1-10-4-3-5-11(2)18(10)15(20)9-23-16-17-13-7-6-12(19(21)22)8-14(13)24-16/h6-8,10-11H,3-5,9H2,1-2H3/t10-,11-/m0/s1. The number of hydrogen-bond donors (Lipinski definition) is 0. The Morgan fingerprint density at radius 3 is 2.79 bits per heavy atom. The van der Waals surface area contributed by atoms with Gasteiger partial charge in [-0.15, -0.1) is 11.3 Å². The Morgan fingerprint density at radius 1 is 1.42 bits per heavy atom. The average Bonchev–Trinajstić information content (AvgIpc) is 2.94. The quantitative estimate of drug-likeness (QED) is 0.463.